The van der Waals surface area contributed by atoms with Gasteiger partial charge in [0.25, 0.3) is 5.91 Å². The van der Waals surface area contributed by atoms with Crippen molar-refractivity contribution in [3.8, 4) is 0 Å². The summed E-state index contributed by atoms with van der Waals surface area (Å²) in [7, 11) is 0. The number of aliphatic hydroxyl groups is 1. The van der Waals surface area contributed by atoms with Crippen LogP contribution in [0.25, 0.3) is 0 Å². The minimum absolute atomic E-state index is 0.0394. The van der Waals surface area contributed by atoms with Crippen molar-refractivity contribution in [2.24, 2.45) is 5.92 Å². The van der Waals surface area contributed by atoms with Gasteiger partial charge >= 0.3 is 0 Å². The quantitative estimate of drug-likeness (QED) is 0.913. The van der Waals surface area contributed by atoms with Crippen LogP contribution in [0.2, 0.25) is 5.02 Å². The Bertz CT molecular complexity index is 710. The molecule has 1 amide bonds. The van der Waals surface area contributed by atoms with E-state index in [0.29, 0.717) is 0 Å². The zero-order valence-electron chi connectivity index (χ0n) is 12.7. The Labute approximate surface area is 138 Å². The fourth-order valence-electron chi connectivity index (χ4n) is 3.66. The van der Waals surface area contributed by atoms with Crippen LogP contribution >= 0.6 is 11.6 Å². The van der Waals surface area contributed by atoms with Gasteiger partial charge in [-0.2, -0.15) is 0 Å². The molecule has 1 atom stereocenters. The van der Waals surface area contributed by atoms with Crippen LogP contribution in [0.5, 0.6) is 0 Å². The average molecular weight is 338 g/mol. The number of aliphatic hydroxyl groups excluding tert-OH is 1. The molecule has 3 rings (SSSR count). The molecule has 1 heterocycles. The van der Waals surface area contributed by atoms with Crippen LogP contribution in [0, 0.1) is 11.7 Å². The molecule has 0 unspecified atom stereocenters. The zero-order valence-corrected chi connectivity index (χ0v) is 13.4. The molecule has 0 radical (unpaired) electrons. The Hall–Kier alpha value is -1.88. The molecule has 1 fully saturated rings. The third-order valence-electron chi connectivity index (χ3n) is 4.65. The van der Waals surface area contributed by atoms with Crippen LogP contribution in [0.3, 0.4) is 0 Å². The summed E-state index contributed by atoms with van der Waals surface area (Å²) < 4.78 is 14.3. The van der Waals surface area contributed by atoms with Crippen LogP contribution < -0.4 is 4.90 Å². The molecule has 6 heteroatoms. The highest BCUT2D eigenvalue weighted by Gasteiger charge is 2.47. The Morgan fingerprint density at radius 3 is 2.57 bits per heavy atom. The summed E-state index contributed by atoms with van der Waals surface area (Å²) in [5.41, 5.74) is 0.135. The second-order valence-corrected chi connectivity index (χ2v) is 6.52. The lowest BCUT2D eigenvalue weighted by Crippen LogP contribution is -2.41. The van der Waals surface area contributed by atoms with E-state index in [1.54, 1.807) is 0 Å². The van der Waals surface area contributed by atoms with E-state index < -0.39 is 23.5 Å². The maximum Gasteiger partial charge on any atom is 0.294 e. The molecule has 1 aromatic rings. The molecule has 0 aromatic heterocycles. The first-order valence-corrected chi connectivity index (χ1v) is 8.02. The summed E-state index contributed by atoms with van der Waals surface area (Å²) in [6.45, 7) is 1.32. The number of rotatable bonds is 3. The first kappa shape index (κ1) is 16.0. The molecule has 0 bridgehead atoms. The van der Waals surface area contributed by atoms with Gasteiger partial charge in [0.1, 0.15) is 5.82 Å². The normalized spacial score (nSPS) is 22.3. The van der Waals surface area contributed by atoms with E-state index >= 15 is 0 Å². The van der Waals surface area contributed by atoms with E-state index in [4.69, 9.17) is 11.6 Å². The van der Waals surface area contributed by atoms with Crippen LogP contribution in [-0.4, -0.2) is 22.8 Å². The number of nitrogens with zero attached hydrogens (tertiary/aromatic N) is 1. The molecule has 1 saturated carbocycles. The molecule has 1 aromatic carbocycles. The number of Topliss-reactive ketones (excluding diaryl/α,β-unsaturated/α-hetero) is 1. The third-order valence-corrected chi connectivity index (χ3v) is 4.88. The van der Waals surface area contributed by atoms with E-state index in [-0.39, 0.29) is 28.0 Å². The van der Waals surface area contributed by atoms with Crippen LogP contribution in [-0.2, 0) is 9.59 Å². The molecule has 4 nitrogen and oxygen atoms in total. The fourth-order valence-corrected chi connectivity index (χ4v) is 3.81. The van der Waals surface area contributed by atoms with Crippen LogP contribution in [0.1, 0.15) is 32.6 Å². The lowest BCUT2D eigenvalue weighted by atomic mass is 9.90. The number of anilines is 1. The molecule has 0 saturated heterocycles. The van der Waals surface area contributed by atoms with Gasteiger partial charge in [0.2, 0.25) is 0 Å². The van der Waals surface area contributed by atoms with Crippen molar-refractivity contribution in [1.29, 1.82) is 0 Å². The maximum atomic E-state index is 14.3. The number of hydrogen-bond acceptors (Lipinski definition) is 3. The Morgan fingerprint density at radius 1 is 1.35 bits per heavy atom. The van der Waals surface area contributed by atoms with Crippen LogP contribution in [0.4, 0.5) is 10.1 Å². The molecule has 122 valence electrons. The average Bonchev–Trinajstić information content (AvgIpc) is 3.08. The number of amides is 1. The summed E-state index contributed by atoms with van der Waals surface area (Å²) in [5, 5.41) is 10.4. The third kappa shape index (κ3) is 2.63. The lowest BCUT2D eigenvalue weighted by Gasteiger charge is -2.31. The summed E-state index contributed by atoms with van der Waals surface area (Å²) in [6.07, 6.45) is 3.68. The molecule has 0 spiro atoms. The SMILES string of the molecule is CC(=O)C1=C(O)C(=O)N(c2ccc(Cl)cc2F)[C@@H]1C1CCCC1. The number of carbonyl (C=O) groups excluding carboxylic acids is 2. The summed E-state index contributed by atoms with van der Waals surface area (Å²) in [5.74, 6) is -2.26. The second-order valence-electron chi connectivity index (χ2n) is 6.08. The largest absolute Gasteiger partial charge is 0.503 e. The van der Waals surface area contributed by atoms with Crippen molar-refractivity contribution >= 4 is 29.0 Å². The standard InChI is InChI=1S/C17H17ClFNO3/c1-9(21)14-15(10-4-2-3-5-10)20(17(23)16(14)22)13-7-6-11(18)8-12(13)19/h6-8,10,15,22H,2-5H2,1H3/t15-/m1/s1. The number of ketones is 1. The smallest absolute Gasteiger partial charge is 0.294 e. The van der Waals surface area contributed by atoms with Crippen molar-refractivity contribution in [2.75, 3.05) is 4.90 Å². The maximum absolute atomic E-state index is 14.3. The van der Waals surface area contributed by atoms with E-state index in [9.17, 15) is 19.1 Å². The molecular formula is C17H17ClFNO3. The van der Waals surface area contributed by atoms with E-state index in [1.165, 1.54) is 24.0 Å². The van der Waals surface area contributed by atoms with Crippen molar-refractivity contribution < 1.29 is 19.1 Å². The van der Waals surface area contributed by atoms with Crippen molar-refractivity contribution in [2.45, 2.75) is 38.6 Å². The molecule has 23 heavy (non-hydrogen) atoms. The lowest BCUT2D eigenvalue weighted by molar-refractivity contribution is -0.117. The first-order valence-electron chi connectivity index (χ1n) is 7.64. The van der Waals surface area contributed by atoms with Gasteiger partial charge in [0.15, 0.2) is 11.5 Å². The van der Waals surface area contributed by atoms with Crippen molar-refractivity contribution in [1.82, 2.24) is 0 Å². The summed E-state index contributed by atoms with van der Waals surface area (Å²) >= 11 is 5.77. The highest BCUT2D eigenvalue weighted by molar-refractivity contribution is 6.30. The monoisotopic (exact) mass is 337 g/mol. The molecule has 2 aliphatic rings. The topological polar surface area (TPSA) is 57.6 Å². The zero-order chi connectivity index (χ0) is 16.7. The number of carbonyl (C=O) groups is 2. The Balaban J connectivity index is 2.10. The summed E-state index contributed by atoms with van der Waals surface area (Å²) in [6, 6.07) is 3.41. The van der Waals surface area contributed by atoms with Gasteiger partial charge in [-0.25, -0.2) is 4.39 Å². The minimum atomic E-state index is -0.728. The molecule has 1 aliphatic heterocycles. The van der Waals surface area contributed by atoms with E-state index in [0.717, 1.165) is 31.7 Å². The molecular weight excluding hydrogens is 321 g/mol. The number of hydrogen-bond donors (Lipinski definition) is 1. The van der Waals surface area contributed by atoms with Gasteiger partial charge in [0, 0.05) is 5.02 Å². The molecule has 1 aliphatic carbocycles. The predicted molar refractivity (Wildman–Crippen MR) is 85.0 cm³/mol. The highest BCUT2D eigenvalue weighted by atomic mass is 35.5. The van der Waals surface area contributed by atoms with Crippen molar-refractivity contribution in [3.63, 3.8) is 0 Å². The van der Waals surface area contributed by atoms with E-state index in [2.05, 4.69) is 0 Å². The fraction of sp³-hybridized carbons (Fsp3) is 0.412. The summed E-state index contributed by atoms with van der Waals surface area (Å²) in [4.78, 5) is 25.7. The predicted octanol–water partition coefficient (Wildman–Crippen LogP) is 3.79. The second kappa shape index (κ2) is 5.96. The van der Waals surface area contributed by atoms with Gasteiger partial charge in [-0.05, 0) is 43.9 Å². The minimum Gasteiger partial charge on any atom is -0.503 e. The Kier molecular flexibility index (Phi) is 4.15. The van der Waals surface area contributed by atoms with Gasteiger partial charge in [0.05, 0.1) is 17.3 Å². The van der Waals surface area contributed by atoms with Gasteiger partial charge in [-0.3, -0.25) is 14.5 Å². The number of halogens is 2. The Morgan fingerprint density at radius 2 is 2.00 bits per heavy atom. The van der Waals surface area contributed by atoms with Crippen LogP contribution in [0.15, 0.2) is 29.5 Å². The van der Waals surface area contributed by atoms with E-state index in [1.807, 2.05) is 0 Å². The highest BCUT2D eigenvalue weighted by Crippen LogP contribution is 2.41. The van der Waals surface area contributed by atoms with Gasteiger partial charge < -0.3 is 5.11 Å². The first-order chi connectivity index (χ1) is 10.9. The van der Waals surface area contributed by atoms with Gasteiger partial charge in [-0.1, -0.05) is 24.4 Å². The van der Waals surface area contributed by atoms with Gasteiger partial charge in [-0.15, -0.1) is 0 Å². The number of benzene rings is 1. The molecule has 1 N–H and O–H groups in total. The van der Waals surface area contributed by atoms with Crippen molar-refractivity contribution in [3.05, 3.63) is 40.4 Å².